The standard InChI is InChI=1S/C15H20N4O4S/c1-10-2-3-11(24(16,22)23)8-12(10)15(21)19-7-6-18-5-4-17-14(20)13(18)9-19/h2-3,8,13H,4-7,9H2,1H3,(H,17,20)(H2,16,22,23). The number of carbonyl (C=O) groups is 2. The van der Waals surface area contributed by atoms with Gasteiger partial charge >= 0.3 is 0 Å². The van der Waals surface area contributed by atoms with E-state index in [1.54, 1.807) is 17.9 Å². The monoisotopic (exact) mass is 352 g/mol. The van der Waals surface area contributed by atoms with Gasteiger partial charge in [0.25, 0.3) is 5.91 Å². The first-order valence-corrected chi connectivity index (χ1v) is 9.26. The molecule has 0 radical (unpaired) electrons. The number of hydrogen-bond donors (Lipinski definition) is 2. The number of nitrogens with zero attached hydrogens (tertiary/aromatic N) is 2. The van der Waals surface area contributed by atoms with Gasteiger partial charge in [0.1, 0.15) is 6.04 Å². The van der Waals surface area contributed by atoms with E-state index in [0.717, 1.165) is 6.54 Å². The number of rotatable bonds is 2. The lowest BCUT2D eigenvalue weighted by Crippen LogP contribution is -2.64. The molecule has 0 spiro atoms. The number of aryl methyl sites for hydroxylation is 1. The van der Waals surface area contributed by atoms with Crippen molar-refractivity contribution in [1.82, 2.24) is 15.1 Å². The molecule has 0 aromatic heterocycles. The molecular formula is C15H20N4O4S. The van der Waals surface area contributed by atoms with Crippen molar-refractivity contribution in [3.05, 3.63) is 29.3 Å². The first-order valence-electron chi connectivity index (χ1n) is 7.72. The SMILES string of the molecule is Cc1ccc(S(N)(=O)=O)cc1C(=O)N1CCN2CCNC(=O)C2C1. The van der Waals surface area contributed by atoms with Crippen molar-refractivity contribution in [3.63, 3.8) is 0 Å². The minimum atomic E-state index is -3.88. The van der Waals surface area contributed by atoms with Crippen LogP contribution in [0, 0.1) is 6.92 Å². The van der Waals surface area contributed by atoms with Crippen LogP contribution in [0.1, 0.15) is 15.9 Å². The quantitative estimate of drug-likeness (QED) is 0.701. The van der Waals surface area contributed by atoms with Crippen molar-refractivity contribution in [2.75, 3.05) is 32.7 Å². The van der Waals surface area contributed by atoms with Gasteiger partial charge in [0, 0.05) is 38.3 Å². The Labute approximate surface area is 140 Å². The lowest BCUT2D eigenvalue weighted by molar-refractivity contribution is -0.131. The highest BCUT2D eigenvalue weighted by Crippen LogP contribution is 2.19. The van der Waals surface area contributed by atoms with Crippen molar-refractivity contribution < 1.29 is 18.0 Å². The summed E-state index contributed by atoms with van der Waals surface area (Å²) in [6, 6.07) is 3.91. The molecule has 0 aliphatic carbocycles. The smallest absolute Gasteiger partial charge is 0.254 e. The summed E-state index contributed by atoms with van der Waals surface area (Å²) in [6.07, 6.45) is 0. The van der Waals surface area contributed by atoms with Crippen molar-refractivity contribution in [2.24, 2.45) is 5.14 Å². The molecule has 2 fully saturated rings. The molecule has 1 aromatic carbocycles. The average Bonchev–Trinajstić information content (AvgIpc) is 2.54. The second-order valence-corrected chi connectivity index (χ2v) is 7.68. The third-order valence-corrected chi connectivity index (χ3v) is 5.46. The fourth-order valence-electron chi connectivity index (χ4n) is 3.14. The molecule has 1 aromatic rings. The second-order valence-electron chi connectivity index (χ2n) is 6.12. The van der Waals surface area contributed by atoms with Gasteiger partial charge in [-0.05, 0) is 24.6 Å². The lowest BCUT2D eigenvalue weighted by atomic mass is 10.0. The number of carbonyl (C=O) groups excluding carboxylic acids is 2. The summed E-state index contributed by atoms with van der Waals surface area (Å²) >= 11 is 0. The van der Waals surface area contributed by atoms with E-state index >= 15 is 0 Å². The van der Waals surface area contributed by atoms with Gasteiger partial charge in [0.2, 0.25) is 15.9 Å². The van der Waals surface area contributed by atoms with Gasteiger partial charge in [-0.15, -0.1) is 0 Å². The number of sulfonamides is 1. The summed E-state index contributed by atoms with van der Waals surface area (Å²) in [5.74, 6) is -0.357. The molecule has 3 N–H and O–H groups in total. The fourth-order valence-corrected chi connectivity index (χ4v) is 3.68. The Morgan fingerprint density at radius 3 is 2.75 bits per heavy atom. The summed E-state index contributed by atoms with van der Waals surface area (Å²) < 4.78 is 23.0. The molecule has 0 saturated carbocycles. The van der Waals surface area contributed by atoms with Gasteiger partial charge in [-0.3, -0.25) is 14.5 Å². The summed E-state index contributed by atoms with van der Waals surface area (Å²) in [6.45, 7) is 4.56. The molecule has 2 amide bonds. The normalized spacial score (nSPS) is 22.0. The zero-order valence-corrected chi connectivity index (χ0v) is 14.2. The zero-order chi connectivity index (χ0) is 17.5. The van der Waals surface area contributed by atoms with Crippen molar-refractivity contribution >= 4 is 21.8 Å². The molecule has 2 saturated heterocycles. The largest absolute Gasteiger partial charge is 0.353 e. The Kier molecular flexibility index (Phi) is 4.33. The number of nitrogens with two attached hydrogens (primary N) is 1. The summed E-state index contributed by atoms with van der Waals surface area (Å²) in [5.41, 5.74) is 0.967. The predicted octanol–water partition coefficient (Wildman–Crippen LogP) is -1.10. The third-order valence-electron chi connectivity index (χ3n) is 4.55. The van der Waals surface area contributed by atoms with Crippen molar-refractivity contribution in [3.8, 4) is 0 Å². The Bertz CT molecular complexity index is 793. The lowest BCUT2D eigenvalue weighted by Gasteiger charge is -2.43. The van der Waals surface area contributed by atoms with Crippen LogP contribution in [0.25, 0.3) is 0 Å². The molecule has 9 heteroatoms. The van der Waals surface area contributed by atoms with E-state index < -0.39 is 10.0 Å². The molecule has 2 heterocycles. The topological polar surface area (TPSA) is 113 Å². The van der Waals surface area contributed by atoms with Crippen LogP contribution < -0.4 is 10.5 Å². The number of piperazine rings is 2. The first kappa shape index (κ1) is 16.9. The fraction of sp³-hybridized carbons (Fsp3) is 0.467. The maximum absolute atomic E-state index is 12.8. The number of hydrogen-bond acceptors (Lipinski definition) is 5. The van der Waals surface area contributed by atoms with Crippen LogP contribution >= 0.6 is 0 Å². The predicted molar refractivity (Wildman–Crippen MR) is 86.8 cm³/mol. The highest BCUT2D eigenvalue weighted by Gasteiger charge is 2.36. The molecule has 8 nitrogen and oxygen atoms in total. The van der Waals surface area contributed by atoms with Gasteiger partial charge < -0.3 is 10.2 Å². The Balaban J connectivity index is 1.85. The molecule has 130 valence electrons. The molecule has 2 aliphatic rings. The number of benzene rings is 1. The second kappa shape index (κ2) is 6.15. The Hall–Kier alpha value is -1.97. The summed E-state index contributed by atoms with van der Waals surface area (Å²) in [7, 11) is -3.88. The Morgan fingerprint density at radius 2 is 2.04 bits per heavy atom. The van der Waals surface area contributed by atoms with E-state index in [4.69, 9.17) is 5.14 Å². The van der Waals surface area contributed by atoms with Crippen molar-refractivity contribution in [2.45, 2.75) is 17.9 Å². The molecule has 2 aliphatic heterocycles. The summed E-state index contributed by atoms with van der Waals surface area (Å²) in [4.78, 5) is 28.4. The maximum atomic E-state index is 12.8. The van der Waals surface area contributed by atoms with Gasteiger partial charge in [-0.25, -0.2) is 13.6 Å². The van der Waals surface area contributed by atoms with E-state index in [2.05, 4.69) is 10.2 Å². The van der Waals surface area contributed by atoms with E-state index in [0.29, 0.717) is 37.3 Å². The molecule has 0 bridgehead atoms. The van der Waals surface area contributed by atoms with Crippen LogP contribution in [-0.2, 0) is 14.8 Å². The molecular weight excluding hydrogens is 332 g/mol. The molecule has 1 unspecified atom stereocenters. The van der Waals surface area contributed by atoms with Crippen molar-refractivity contribution in [1.29, 1.82) is 0 Å². The van der Waals surface area contributed by atoms with Crippen LogP contribution in [0.2, 0.25) is 0 Å². The minimum absolute atomic E-state index is 0.0752. The summed E-state index contributed by atoms with van der Waals surface area (Å²) in [5, 5.41) is 7.95. The highest BCUT2D eigenvalue weighted by atomic mass is 32.2. The van der Waals surface area contributed by atoms with Gasteiger partial charge in [-0.2, -0.15) is 0 Å². The van der Waals surface area contributed by atoms with E-state index in [-0.39, 0.29) is 22.8 Å². The number of amides is 2. The van der Waals surface area contributed by atoms with E-state index in [1.807, 2.05) is 0 Å². The van der Waals surface area contributed by atoms with E-state index in [9.17, 15) is 18.0 Å². The van der Waals surface area contributed by atoms with E-state index in [1.165, 1.54) is 12.1 Å². The van der Waals surface area contributed by atoms with Crippen LogP contribution in [0.3, 0.4) is 0 Å². The van der Waals surface area contributed by atoms with Gasteiger partial charge in [0.15, 0.2) is 0 Å². The maximum Gasteiger partial charge on any atom is 0.254 e. The molecule has 3 rings (SSSR count). The van der Waals surface area contributed by atoms with Crippen LogP contribution in [0.15, 0.2) is 23.1 Å². The zero-order valence-electron chi connectivity index (χ0n) is 13.4. The number of nitrogens with one attached hydrogen (secondary N) is 1. The minimum Gasteiger partial charge on any atom is -0.353 e. The molecule has 24 heavy (non-hydrogen) atoms. The van der Waals surface area contributed by atoms with Crippen LogP contribution in [0.5, 0.6) is 0 Å². The average molecular weight is 352 g/mol. The van der Waals surface area contributed by atoms with Gasteiger partial charge in [-0.1, -0.05) is 6.07 Å². The van der Waals surface area contributed by atoms with Crippen LogP contribution in [0.4, 0.5) is 0 Å². The number of fused-ring (bicyclic) bond motifs is 1. The third kappa shape index (κ3) is 3.14. The highest BCUT2D eigenvalue weighted by molar-refractivity contribution is 7.89. The van der Waals surface area contributed by atoms with Gasteiger partial charge in [0.05, 0.1) is 4.90 Å². The molecule has 1 atom stereocenters. The first-order chi connectivity index (χ1) is 11.3. The van der Waals surface area contributed by atoms with Crippen LogP contribution in [-0.4, -0.2) is 68.8 Å². The Morgan fingerprint density at radius 1 is 1.29 bits per heavy atom. The number of primary sulfonamides is 1.